The maximum atomic E-state index is 12.9. The summed E-state index contributed by atoms with van der Waals surface area (Å²) in [5.41, 5.74) is 0.647. The predicted molar refractivity (Wildman–Crippen MR) is 105 cm³/mol. The van der Waals surface area contributed by atoms with Crippen molar-refractivity contribution in [1.29, 1.82) is 0 Å². The molecule has 29 heavy (non-hydrogen) atoms. The monoisotopic (exact) mass is 420 g/mol. The molecule has 0 atom stereocenters. The van der Waals surface area contributed by atoms with Crippen LogP contribution in [0.3, 0.4) is 0 Å². The van der Waals surface area contributed by atoms with Crippen molar-refractivity contribution in [3.8, 4) is 0 Å². The van der Waals surface area contributed by atoms with Crippen LogP contribution >= 0.6 is 0 Å². The molecule has 1 aliphatic rings. The number of nitrogens with zero attached hydrogens (tertiary/aromatic N) is 1. The largest absolute Gasteiger partial charge is 0.467 e. The summed E-state index contributed by atoms with van der Waals surface area (Å²) in [6.07, 6.45) is 4.16. The van der Waals surface area contributed by atoms with Crippen LogP contribution in [-0.2, 0) is 26.1 Å². The van der Waals surface area contributed by atoms with Gasteiger partial charge in [-0.05, 0) is 49.6 Å². The molecule has 3 rings (SSSR count). The number of hydrogen-bond acceptors (Lipinski definition) is 6. The standard InChI is InChI=1S/C20H24N2O6S/c1-15-7-8-16(12-18(15)29(25,26)22-9-3-2-4-10-22)20(24)28-14-19(23)21-13-17-6-5-11-27-17/h5-8,11-12H,2-4,9-10,13-14H2,1H3,(H,21,23). The van der Waals surface area contributed by atoms with Crippen LogP contribution in [0.2, 0.25) is 0 Å². The van der Waals surface area contributed by atoms with Crippen molar-refractivity contribution in [2.75, 3.05) is 19.7 Å². The van der Waals surface area contributed by atoms with Gasteiger partial charge in [0.25, 0.3) is 5.91 Å². The third-order valence-electron chi connectivity index (χ3n) is 4.73. The minimum Gasteiger partial charge on any atom is -0.467 e. The number of nitrogens with one attached hydrogen (secondary N) is 1. The average molecular weight is 420 g/mol. The van der Waals surface area contributed by atoms with E-state index in [1.54, 1.807) is 25.1 Å². The number of amides is 1. The lowest BCUT2D eigenvalue weighted by molar-refractivity contribution is -0.124. The Morgan fingerprint density at radius 3 is 2.62 bits per heavy atom. The molecule has 0 bridgehead atoms. The number of piperidine rings is 1. The Morgan fingerprint density at radius 1 is 1.17 bits per heavy atom. The Morgan fingerprint density at radius 2 is 1.93 bits per heavy atom. The molecule has 8 nitrogen and oxygen atoms in total. The van der Waals surface area contributed by atoms with E-state index in [4.69, 9.17) is 9.15 Å². The summed E-state index contributed by atoms with van der Waals surface area (Å²) in [4.78, 5) is 24.2. The first kappa shape index (κ1) is 21.1. The first-order valence-corrected chi connectivity index (χ1v) is 10.9. The van der Waals surface area contributed by atoms with Crippen LogP contribution in [-0.4, -0.2) is 44.3 Å². The lowest BCUT2D eigenvalue weighted by Crippen LogP contribution is -2.36. The van der Waals surface area contributed by atoms with Crippen LogP contribution in [0, 0.1) is 6.92 Å². The first-order valence-electron chi connectivity index (χ1n) is 9.45. The van der Waals surface area contributed by atoms with E-state index in [-0.39, 0.29) is 17.0 Å². The van der Waals surface area contributed by atoms with E-state index in [0.29, 0.717) is 24.4 Å². The van der Waals surface area contributed by atoms with E-state index >= 15 is 0 Å². The number of benzene rings is 1. The van der Waals surface area contributed by atoms with Gasteiger partial charge in [0.15, 0.2) is 6.61 Å². The van der Waals surface area contributed by atoms with Gasteiger partial charge in [-0.3, -0.25) is 4.79 Å². The van der Waals surface area contributed by atoms with Crippen LogP contribution in [0.4, 0.5) is 0 Å². The second-order valence-corrected chi connectivity index (χ2v) is 8.78. The molecule has 1 fully saturated rings. The summed E-state index contributed by atoms with van der Waals surface area (Å²) >= 11 is 0. The van der Waals surface area contributed by atoms with Crippen molar-refractivity contribution in [2.24, 2.45) is 0 Å². The van der Waals surface area contributed by atoms with E-state index < -0.39 is 28.5 Å². The Balaban J connectivity index is 1.63. The highest BCUT2D eigenvalue weighted by atomic mass is 32.2. The maximum Gasteiger partial charge on any atom is 0.338 e. The molecule has 1 aliphatic heterocycles. The van der Waals surface area contributed by atoms with Crippen LogP contribution in [0.15, 0.2) is 45.9 Å². The zero-order chi connectivity index (χ0) is 20.9. The van der Waals surface area contributed by atoms with Crippen LogP contribution in [0.5, 0.6) is 0 Å². The molecule has 1 saturated heterocycles. The molecule has 2 heterocycles. The van der Waals surface area contributed by atoms with Gasteiger partial charge in [-0.25, -0.2) is 13.2 Å². The number of carbonyl (C=O) groups is 2. The molecule has 9 heteroatoms. The molecule has 0 spiro atoms. The second-order valence-electron chi connectivity index (χ2n) is 6.88. The number of ether oxygens (including phenoxy) is 1. The van der Waals surface area contributed by atoms with Crippen LogP contribution < -0.4 is 5.32 Å². The topological polar surface area (TPSA) is 106 Å². The number of aryl methyl sites for hydroxylation is 1. The van der Waals surface area contributed by atoms with Crippen molar-refractivity contribution in [1.82, 2.24) is 9.62 Å². The highest BCUT2D eigenvalue weighted by molar-refractivity contribution is 7.89. The lowest BCUT2D eigenvalue weighted by Gasteiger charge is -2.26. The van der Waals surface area contributed by atoms with Gasteiger partial charge in [-0.2, -0.15) is 4.31 Å². The Labute approximate surface area is 169 Å². The van der Waals surface area contributed by atoms with Gasteiger partial charge in [0.05, 0.1) is 23.3 Å². The highest BCUT2D eigenvalue weighted by Gasteiger charge is 2.28. The third-order valence-corrected chi connectivity index (χ3v) is 6.77. The molecular weight excluding hydrogens is 396 g/mol. The van der Waals surface area contributed by atoms with Gasteiger partial charge >= 0.3 is 5.97 Å². The molecular formula is C20H24N2O6S. The number of carbonyl (C=O) groups excluding carboxylic acids is 2. The number of sulfonamides is 1. The smallest absolute Gasteiger partial charge is 0.338 e. The van der Waals surface area contributed by atoms with E-state index in [1.165, 1.54) is 22.7 Å². The van der Waals surface area contributed by atoms with Crippen molar-refractivity contribution < 1.29 is 27.2 Å². The summed E-state index contributed by atoms with van der Waals surface area (Å²) < 4.78 is 37.5. The van der Waals surface area contributed by atoms with Crippen LogP contribution in [0.1, 0.15) is 40.9 Å². The number of esters is 1. The zero-order valence-corrected chi connectivity index (χ0v) is 17.0. The summed E-state index contributed by atoms with van der Waals surface area (Å²) in [6.45, 7) is 2.36. The van der Waals surface area contributed by atoms with Crippen molar-refractivity contribution in [3.05, 3.63) is 53.5 Å². The average Bonchev–Trinajstić information content (AvgIpc) is 3.25. The molecule has 0 radical (unpaired) electrons. The first-order chi connectivity index (χ1) is 13.9. The normalized spacial score (nSPS) is 15.1. The second kappa shape index (κ2) is 9.23. The Kier molecular flexibility index (Phi) is 6.71. The summed E-state index contributed by atoms with van der Waals surface area (Å²) in [7, 11) is -3.68. The SMILES string of the molecule is Cc1ccc(C(=O)OCC(=O)NCc2ccco2)cc1S(=O)(=O)N1CCCCC1. The molecule has 1 N–H and O–H groups in total. The number of furan rings is 1. The fourth-order valence-electron chi connectivity index (χ4n) is 3.11. The van der Waals surface area contributed by atoms with E-state index in [1.807, 2.05) is 0 Å². The Hall–Kier alpha value is -2.65. The lowest BCUT2D eigenvalue weighted by atomic mass is 10.1. The minimum atomic E-state index is -3.68. The molecule has 156 valence electrons. The maximum absolute atomic E-state index is 12.9. The fraction of sp³-hybridized carbons (Fsp3) is 0.400. The molecule has 0 saturated carbocycles. The van der Waals surface area contributed by atoms with E-state index in [0.717, 1.165) is 19.3 Å². The zero-order valence-electron chi connectivity index (χ0n) is 16.2. The van der Waals surface area contributed by atoms with Crippen LogP contribution in [0.25, 0.3) is 0 Å². The number of rotatable bonds is 7. The van der Waals surface area contributed by atoms with Gasteiger partial charge in [0.1, 0.15) is 5.76 Å². The highest BCUT2D eigenvalue weighted by Crippen LogP contribution is 2.24. The fourth-order valence-corrected chi connectivity index (χ4v) is 4.88. The third kappa shape index (κ3) is 5.24. The van der Waals surface area contributed by atoms with Gasteiger partial charge < -0.3 is 14.5 Å². The minimum absolute atomic E-state index is 0.0880. The summed E-state index contributed by atoms with van der Waals surface area (Å²) in [5, 5.41) is 2.57. The Bertz CT molecular complexity index is 963. The summed E-state index contributed by atoms with van der Waals surface area (Å²) in [6, 6.07) is 7.80. The number of hydrogen-bond donors (Lipinski definition) is 1. The van der Waals surface area contributed by atoms with Gasteiger partial charge in [0.2, 0.25) is 10.0 Å². The van der Waals surface area contributed by atoms with Gasteiger partial charge in [0, 0.05) is 13.1 Å². The van der Waals surface area contributed by atoms with E-state index in [9.17, 15) is 18.0 Å². The molecule has 0 aliphatic carbocycles. The van der Waals surface area contributed by atoms with Gasteiger partial charge in [-0.15, -0.1) is 0 Å². The molecule has 0 unspecified atom stereocenters. The summed E-state index contributed by atoms with van der Waals surface area (Å²) in [5.74, 6) is -0.660. The van der Waals surface area contributed by atoms with Crippen molar-refractivity contribution >= 4 is 21.9 Å². The molecule has 2 aromatic rings. The quantitative estimate of drug-likeness (QED) is 0.689. The predicted octanol–water partition coefficient (Wildman–Crippen LogP) is 2.24. The van der Waals surface area contributed by atoms with Crippen molar-refractivity contribution in [2.45, 2.75) is 37.6 Å². The van der Waals surface area contributed by atoms with Gasteiger partial charge in [-0.1, -0.05) is 12.5 Å². The van der Waals surface area contributed by atoms with E-state index in [2.05, 4.69) is 5.32 Å². The molecule has 1 aromatic heterocycles. The molecule has 1 amide bonds. The van der Waals surface area contributed by atoms with Crippen molar-refractivity contribution in [3.63, 3.8) is 0 Å². The molecule has 1 aromatic carbocycles.